The highest BCUT2D eigenvalue weighted by Gasteiger charge is 2.38. The van der Waals surface area contributed by atoms with E-state index in [2.05, 4.69) is 11.8 Å². The van der Waals surface area contributed by atoms with Crippen LogP contribution < -0.4 is 5.56 Å². The summed E-state index contributed by atoms with van der Waals surface area (Å²) in [4.78, 5) is 33.1. The maximum Gasteiger partial charge on any atom is 0.262 e. The highest BCUT2D eigenvalue weighted by molar-refractivity contribution is 7.99. The van der Waals surface area contributed by atoms with E-state index >= 15 is 0 Å². The summed E-state index contributed by atoms with van der Waals surface area (Å²) in [6.07, 6.45) is 6.94. The fourth-order valence-electron chi connectivity index (χ4n) is 4.46. The van der Waals surface area contributed by atoms with Crippen molar-refractivity contribution in [2.75, 3.05) is 5.75 Å². The summed E-state index contributed by atoms with van der Waals surface area (Å²) in [5.74, 6) is 1.33. The largest absolute Gasteiger partial charge is 0.336 e. The maximum atomic E-state index is 13.2. The molecule has 0 atom stereocenters. The van der Waals surface area contributed by atoms with Crippen LogP contribution in [-0.2, 0) is 4.79 Å². The SMILES string of the molecule is CC1CCC(N(C(=O)CSc2nc3ccccc3c(=O)n2C(C)C)C2CC2)CC1. The summed E-state index contributed by atoms with van der Waals surface area (Å²) in [6.45, 7) is 6.29. The molecule has 29 heavy (non-hydrogen) atoms. The Morgan fingerprint density at radius 3 is 2.38 bits per heavy atom. The van der Waals surface area contributed by atoms with Gasteiger partial charge < -0.3 is 4.90 Å². The standard InChI is InChI=1S/C23H31N3O2S/c1-15(2)25-22(28)19-6-4-5-7-20(19)24-23(25)29-14-21(27)26(18-12-13-18)17-10-8-16(3)9-11-17/h4-7,15-18H,8-14H2,1-3H3. The summed E-state index contributed by atoms with van der Waals surface area (Å²) in [5.41, 5.74) is 0.672. The number of fused-ring (bicyclic) bond motifs is 1. The van der Waals surface area contributed by atoms with Crippen molar-refractivity contribution >= 4 is 28.6 Å². The molecule has 0 bridgehead atoms. The summed E-state index contributed by atoms with van der Waals surface area (Å²) in [5, 5.41) is 1.28. The Morgan fingerprint density at radius 1 is 1.14 bits per heavy atom. The lowest BCUT2D eigenvalue weighted by Crippen LogP contribution is -2.44. The first-order valence-corrected chi connectivity index (χ1v) is 11.9. The monoisotopic (exact) mass is 413 g/mol. The Morgan fingerprint density at radius 2 is 1.76 bits per heavy atom. The minimum absolute atomic E-state index is 0.00317. The topological polar surface area (TPSA) is 55.2 Å². The second kappa shape index (κ2) is 8.50. The van der Waals surface area contributed by atoms with Gasteiger partial charge in [-0.1, -0.05) is 30.8 Å². The molecule has 0 spiro atoms. The molecule has 4 rings (SSSR count). The van der Waals surface area contributed by atoms with Gasteiger partial charge in [0.15, 0.2) is 5.16 Å². The third-order valence-corrected chi connectivity index (χ3v) is 7.16. The molecular weight excluding hydrogens is 382 g/mol. The molecule has 0 N–H and O–H groups in total. The van der Waals surface area contributed by atoms with E-state index < -0.39 is 0 Å². The Kier molecular flexibility index (Phi) is 6.00. The lowest BCUT2D eigenvalue weighted by molar-refractivity contribution is -0.132. The van der Waals surface area contributed by atoms with Crippen molar-refractivity contribution in [2.45, 2.75) is 82.6 Å². The number of para-hydroxylation sites is 1. The van der Waals surface area contributed by atoms with Crippen LogP contribution in [0.1, 0.15) is 65.3 Å². The summed E-state index contributed by atoms with van der Waals surface area (Å²) in [6, 6.07) is 8.27. The van der Waals surface area contributed by atoms with Gasteiger partial charge in [0, 0.05) is 18.1 Å². The smallest absolute Gasteiger partial charge is 0.262 e. The van der Waals surface area contributed by atoms with Gasteiger partial charge in [-0.2, -0.15) is 0 Å². The molecule has 1 aromatic heterocycles. The average molecular weight is 414 g/mol. The van der Waals surface area contributed by atoms with Crippen molar-refractivity contribution in [3.05, 3.63) is 34.6 Å². The van der Waals surface area contributed by atoms with Crippen LogP contribution >= 0.6 is 11.8 Å². The quantitative estimate of drug-likeness (QED) is 0.511. The second-order valence-electron chi connectivity index (χ2n) is 8.91. The minimum atomic E-state index is -0.0270. The number of nitrogens with zero attached hydrogens (tertiary/aromatic N) is 3. The van der Waals surface area contributed by atoms with E-state index in [0.717, 1.165) is 31.6 Å². The molecule has 2 aliphatic rings. The van der Waals surface area contributed by atoms with Gasteiger partial charge in [0.2, 0.25) is 5.91 Å². The van der Waals surface area contributed by atoms with E-state index in [1.807, 2.05) is 38.1 Å². The Hall–Kier alpha value is -1.82. The average Bonchev–Trinajstić information content (AvgIpc) is 3.53. The molecule has 5 nitrogen and oxygen atoms in total. The number of aromatic nitrogens is 2. The number of amides is 1. The molecule has 1 heterocycles. The van der Waals surface area contributed by atoms with Crippen LogP contribution in [-0.4, -0.2) is 38.2 Å². The van der Waals surface area contributed by atoms with Crippen LogP contribution in [0.15, 0.2) is 34.2 Å². The van der Waals surface area contributed by atoms with Crippen molar-refractivity contribution in [2.24, 2.45) is 5.92 Å². The van der Waals surface area contributed by atoms with Crippen LogP contribution in [0.4, 0.5) is 0 Å². The van der Waals surface area contributed by atoms with Crippen molar-refractivity contribution in [1.82, 2.24) is 14.5 Å². The van der Waals surface area contributed by atoms with Crippen molar-refractivity contribution in [3.63, 3.8) is 0 Å². The van der Waals surface area contributed by atoms with Gasteiger partial charge in [-0.25, -0.2) is 4.98 Å². The summed E-state index contributed by atoms with van der Waals surface area (Å²) in [7, 11) is 0. The fourth-order valence-corrected chi connectivity index (χ4v) is 5.46. The Bertz CT molecular complexity index is 943. The van der Waals surface area contributed by atoms with E-state index in [1.54, 1.807) is 4.57 Å². The lowest BCUT2D eigenvalue weighted by atomic mass is 9.86. The first kappa shape index (κ1) is 20.5. The van der Waals surface area contributed by atoms with Crippen LogP contribution in [0.25, 0.3) is 10.9 Å². The Labute approximate surface area is 176 Å². The zero-order valence-corrected chi connectivity index (χ0v) is 18.5. The summed E-state index contributed by atoms with van der Waals surface area (Å²) < 4.78 is 1.73. The number of hydrogen-bond acceptors (Lipinski definition) is 4. The van der Waals surface area contributed by atoms with Gasteiger partial charge in [-0.3, -0.25) is 14.2 Å². The highest BCUT2D eigenvalue weighted by atomic mass is 32.2. The fraction of sp³-hybridized carbons (Fsp3) is 0.609. The number of carbonyl (C=O) groups is 1. The first-order chi connectivity index (χ1) is 14.0. The molecule has 1 amide bonds. The number of hydrogen-bond donors (Lipinski definition) is 0. The van der Waals surface area contributed by atoms with Crippen molar-refractivity contribution in [3.8, 4) is 0 Å². The van der Waals surface area contributed by atoms with Crippen LogP contribution in [0, 0.1) is 5.92 Å². The zero-order valence-electron chi connectivity index (χ0n) is 17.6. The molecule has 0 radical (unpaired) electrons. The van der Waals surface area contributed by atoms with Crippen LogP contribution in [0.3, 0.4) is 0 Å². The number of rotatable bonds is 6. The summed E-state index contributed by atoms with van der Waals surface area (Å²) >= 11 is 1.41. The zero-order chi connectivity index (χ0) is 20.5. The van der Waals surface area contributed by atoms with Crippen LogP contribution in [0.5, 0.6) is 0 Å². The first-order valence-electron chi connectivity index (χ1n) is 10.9. The van der Waals surface area contributed by atoms with Gasteiger partial charge in [0.25, 0.3) is 5.56 Å². The van der Waals surface area contributed by atoms with E-state index in [1.165, 1.54) is 24.6 Å². The van der Waals surface area contributed by atoms with Gasteiger partial charge in [-0.05, 0) is 70.4 Å². The maximum absolute atomic E-state index is 13.2. The molecular formula is C23H31N3O2S. The molecule has 2 saturated carbocycles. The van der Waals surface area contributed by atoms with E-state index in [-0.39, 0.29) is 17.5 Å². The normalized spacial score (nSPS) is 22.2. The molecule has 6 heteroatoms. The van der Waals surface area contributed by atoms with E-state index in [4.69, 9.17) is 4.98 Å². The predicted molar refractivity (Wildman–Crippen MR) is 118 cm³/mol. The molecule has 0 aliphatic heterocycles. The molecule has 2 fully saturated rings. The predicted octanol–water partition coefficient (Wildman–Crippen LogP) is 4.64. The lowest BCUT2D eigenvalue weighted by Gasteiger charge is -2.36. The van der Waals surface area contributed by atoms with Gasteiger partial charge in [0.1, 0.15) is 0 Å². The number of benzene rings is 1. The molecule has 1 aromatic carbocycles. The van der Waals surface area contributed by atoms with Gasteiger partial charge in [-0.15, -0.1) is 0 Å². The van der Waals surface area contributed by atoms with Crippen molar-refractivity contribution in [1.29, 1.82) is 0 Å². The van der Waals surface area contributed by atoms with Crippen molar-refractivity contribution < 1.29 is 4.79 Å². The molecule has 0 saturated heterocycles. The number of carbonyl (C=O) groups excluding carboxylic acids is 1. The molecule has 0 unspecified atom stereocenters. The van der Waals surface area contributed by atoms with Gasteiger partial charge >= 0.3 is 0 Å². The Balaban J connectivity index is 1.54. The van der Waals surface area contributed by atoms with Crippen LogP contribution in [0.2, 0.25) is 0 Å². The molecule has 156 valence electrons. The van der Waals surface area contributed by atoms with E-state index in [0.29, 0.717) is 33.9 Å². The minimum Gasteiger partial charge on any atom is -0.336 e. The highest BCUT2D eigenvalue weighted by Crippen LogP contribution is 2.36. The van der Waals surface area contributed by atoms with Gasteiger partial charge in [0.05, 0.1) is 16.7 Å². The van der Waals surface area contributed by atoms with E-state index in [9.17, 15) is 9.59 Å². The number of thioether (sulfide) groups is 1. The molecule has 2 aliphatic carbocycles. The second-order valence-corrected chi connectivity index (χ2v) is 9.86. The third-order valence-electron chi connectivity index (χ3n) is 6.22. The molecule has 2 aromatic rings. The third kappa shape index (κ3) is 4.37.